The molecule has 1 aliphatic carbocycles. The number of carbonyl (C=O) groups excluding carboxylic acids is 1. The minimum Gasteiger partial charge on any atom is -0.352 e. The van der Waals surface area contributed by atoms with E-state index in [1.165, 1.54) is 5.57 Å². The summed E-state index contributed by atoms with van der Waals surface area (Å²) in [6.07, 6.45) is 8.78. The molecule has 0 radical (unpaired) electrons. The van der Waals surface area contributed by atoms with Crippen LogP contribution in [0.5, 0.6) is 0 Å². The molecule has 0 aromatic rings. The van der Waals surface area contributed by atoms with Crippen LogP contribution in [0.4, 0.5) is 0 Å². The average Bonchev–Trinajstić information content (AvgIpc) is 2.17. The zero-order valence-electron chi connectivity index (χ0n) is 7.75. The van der Waals surface area contributed by atoms with Crippen LogP contribution in [-0.4, -0.2) is 19.0 Å². The molecule has 1 amide bonds. The van der Waals surface area contributed by atoms with Gasteiger partial charge in [-0.2, -0.15) is 0 Å². The summed E-state index contributed by atoms with van der Waals surface area (Å²) < 4.78 is 0. The Morgan fingerprint density at radius 1 is 1.62 bits per heavy atom. The lowest BCUT2D eigenvalue weighted by atomic mass is 10.1. The van der Waals surface area contributed by atoms with E-state index in [2.05, 4.69) is 17.5 Å². The first-order valence-corrected chi connectivity index (χ1v) is 4.64. The van der Waals surface area contributed by atoms with Crippen molar-refractivity contribution in [3.63, 3.8) is 0 Å². The molecule has 0 heterocycles. The normalized spacial score (nSPS) is 15.3. The number of hydrogen-bond acceptors (Lipinski definition) is 2. The lowest BCUT2D eigenvalue weighted by molar-refractivity contribution is -0.120. The number of nitrogens with one attached hydrogen (secondary N) is 1. The van der Waals surface area contributed by atoms with Crippen molar-refractivity contribution in [2.24, 2.45) is 5.73 Å². The van der Waals surface area contributed by atoms with E-state index < -0.39 is 0 Å². The monoisotopic (exact) mass is 180 g/mol. The molecule has 0 atom stereocenters. The molecule has 0 aromatic carbocycles. The molecule has 0 saturated heterocycles. The van der Waals surface area contributed by atoms with Gasteiger partial charge in [-0.05, 0) is 12.8 Å². The van der Waals surface area contributed by atoms with E-state index in [0.29, 0.717) is 19.5 Å². The molecule has 3 nitrogen and oxygen atoms in total. The second kappa shape index (κ2) is 5.54. The number of hydrogen-bond donors (Lipinski definition) is 2. The third-order valence-corrected chi connectivity index (χ3v) is 1.98. The molecule has 3 heteroatoms. The maximum Gasteiger partial charge on any atom is 0.221 e. The quantitative estimate of drug-likeness (QED) is 0.670. The lowest BCUT2D eigenvalue weighted by Gasteiger charge is -2.09. The van der Waals surface area contributed by atoms with Gasteiger partial charge in [0.1, 0.15) is 0 Å². The molecule has 3 N–H and O–H groups in total. The zero-order chi connectivity index (χ0) is 9.52. The van der Waals surface area contributed by atoms with Gasteiger partial charge in [-0.25, -0.2) is 0 Å². The van der Waals surface area contributed by atoms with Gasteiger partial charge in [0, 0.05) is 19.5 Å². The largest absolute Gasteiger partial charge is 0.352 e. The van der Waals surface area contributed by atoms with Crippen LogP contribution in [0, 0.1) is 0 Å². The summed E-state index contributed by atoms with van der Waals surface area (Å²) in [5.74, 6) is 0.0398. The second-order valence-corrected chi connectivity index (χ2v) is 3.11. The Morgan fingerprint density at radius 3 is 3.08 bits per heavy atom. The molecule has 0 aromatic heterocycles. The lowest BCUT2D eigenvalue weighted by Crippen LogP contribution is -2.27. The molecule has 0 bridgehead atoms. The van der Waals surface area contributed by atoms with E-state index in [9.17, 15) is 4.79 Å². The number of nitrogens with two attached hydrogens (primary N) is 1. The molecule has 0 saturated carbocycles. The van der Waals surface area contributed by atoms with Crippen LogP contribution in [0.2, 0.25) is 0 Å². The SMILES string of the molecule is NCCC(=O)NCC1=CC=CCC1. The summed E-state index contributed by atoms with van der Waals surface area (Å²) in [5, 5.41) is 2.83. The Kier molecular flexibility index (Phi) is 4.26. The van der Waals surface area contributed by atoms with Crippen molar-refractivity contribution in [2.45, 2.75) is 19.3 Å². The van der Waals surface area contributed by atoms with Crippen LogP contribution in [0.25, 0.3) is 0 Å². The summed E-state index contributed by atoms with van der Waals surface area (Å²) in [5.41, 5.74) is 6.54. The summed E-state index contributed by atoms with van der Waals surface area (Å²) in [6.45, 7) is 1.09. The van der Waals surface area contributed by atoms with E-state index in [4.69, 9.17) is 5.73 Å². The number of rotatable bonds is 4. The molecule has 72 valence electrons. The van der Waals surface area contributed by atoms with E-state index in [0.717, 1.165) is 12.8 Å². The molecule has 1 aliphatic rings. The molecule has 13 heavy (non-hydrogen) atoms. The van der Waals surface area contributed by atoms with Gasteiger partial charge in [0.15, 0.2) is 0 Å². The van der Waals surface area contributed by atoms with Gasteiger partial charge in [-0.3, -0.25) is 4.79 Å². The van der Waals surface area contributed by atoms with Crippen LogP contribution >= 0.6 is 0 Å². The highest BCUT2D eigenvalue weighted by atomic mass is 16.1. The highest BCUT2D eigenvalue weighted by Crippen LogP contribution is 2.09. The van der Waals surface area contributed by atoms with Crippen molar-refractivity contribution < 1.29 is 4.79 Å². The molecular weight excluding hydrogens is 164 g/mol. The Labute approximate surface area is 78.7 Å². The average molecular weight is 180 g/mol. The van der Waals surface area contributed by atoms with Gasteiger partial charge in [-0.1, -0.05) is 23.8 Å². The van der Waals surface area contributed by atoms with E-state index in [1.54, 1.807) is 0 Å². The summed E-state index contributed by atoms with van der Waals surface area (Å²) >= 11 is 0. The molecule has 0 spiro atoms. The van der Waals surface area contributed by atoms with Gasteiger partial charge in [0.25, 0.3) is 0 Å². The van der Waals surface area contributed by atoms with Crippen LogP contribution in [0.3, 0.4) is 0 Å². The van der Waals surface area contributed by atoms with Crippen molar-refractivity contribution in [3.8, 4) is 0 Å². The zero-order valence-corrected chi connectivity index (χ0v) is 7.75. The fourth-order valence-corrected chi connectivity index (χ4v) is 1.23. The van der Waals surface area contributed by atoms with Crippen molar-refractivity contribution >= 4 is 5.91 Å². The topological polar surface area (TPSA) is 55.1 Å². The van der Waals surface area contributed by atoms with Crippen LogP contribution in [0.1, 0.15) is 19.3 Å². The smallest absolute Gasteiger partial charge is 0.221 e. The Hall–Kier alpha value is -1.09. The van der Waals surface area contributed by atoms with Crippen molar-refractivity contribution in [2.75, 3.05) is 13.1 Å². The number of allylic oxidation sites excluding steroid dienone is 3. The third kappa shape index (κ3) is 3.90. The van der Waals surface area contributed by atoms with E-state index >= 15 is 0 Å². The van der Waals surface area contributed by atoms with Crippen molar-refractivity contribution in [1.29, 1.82) is 0 Å². The summed E-state index contributed by atoms with van der Waals surface area (Å²) in [4.78, 5) is 11.0. The summed E-state index contributed by atoms with van der Waals surface area (Å²) in [6, 6.07) is 0. The van der Waals surface area contributed by atoms with Gasteiger partial charge >= 0.3 is 0 Å². The van der Waals surface area contributed by atoms with Crippen LogP contribution in [-0.2, 0) is 4.79 Å². The highest BCUT2D eigenvalue weighted by Gasteiger charge is 2.02. The molecule has 1 rings (SSSR count). The first-order chi connectivity index (χ1) is 6.33. The van der Waals surface area contributed by atoms with Gasteiger partial charge < -0.3 is 11.1 Å². The fraction of sp³-hybridized carbons (Fsp3) is 0.500. The predicted octanol–water partition coefficient (Wildman–Crippen LogP) is 0.728. The molecule has 0 unspecified atom stereocenters. The van der Waals surface area contributed by atoms with Gasteiger partial charge in [0.2, 0.25) is 5.91 Å². The van der Waals surface area contributed by atoms with E-state index in [-0.39, 0.29) is 5.91 Å². The molecule has 0 fully saturated rings. The third-order valence-electron chi connectivity index (χ3n) is 1.98. The maximum atomic E-state index is 11.0. The fourth-order valence-electron chi connectivity index (χ4n) is 1.23. The first kappa shape index (κ1) is 9.99. The van der Waals surface area contributed by atoms with Gasteiger partial charge in [0.05, 0.1) is 0 Å². The minimum atomic E-state index is 0.0398. The Morgan fingerprint density at radius 2 is 2.46 bits per heavy atom. The summed E-state index contributed by atoms with van der Waals surface area (Å²) in [7, 11) is 0. The van der Waals surface area contributed by atoms with Gasteiger partial charge in [-0.15, -0.1) is 0 Å². The Balaban J connectivity index is 2.21. The van der Waals surface area contributed by atoms with E-state index in [1.807, 2.05) is 6.08 Å². The van der Waals surface area contributed by atoms with Crippen molar-refractivity contribution in [1.82, 2.24) is 5.32 Å². The number of amides is 1. The maximum absolute atomic E-state index is 11.0. The van der Waals surface area contributed by atoms with Crippen LogP contribution in [0.15, 0.2) is 23.8 Å². The predicted molar refractivity (Wildman–Crippen MR) is 53.1 cm³/mol. The standard InChI is InChI=1S/C10H16N2O/c11-7-6-10(13)12-8-9-4-2-1-3-5-9/h1-2,4H,3,5-8,11H2,(H,12,13). The molecule has 0 aliphatic heterocycles. The number of carbonyl (C=O) groups is 1. The van der Waals surface area contributed by atoms with Crippen LogP contribution < -0.4 is 11.1 Å². The van der Waals surface area contributed by atoms with Crippen molar-refractivity contribution in [3.05, 3.63) is 23.8 Å². The second-order valence-electron chi connectivity index (χ2n) is 3.11. The minimum absolute atomic E-state index is 0.0398. The molecular formula is C10H16N2O. The first-order valence-electron chi connectivity index (χ1n) is 4.64. The Bertz CT molecular complexity index is 231. The highest BCUT2D eigenvalue weighted by molar-refractivity contribution is 5.76.